The number of hydrogen-bond donors (Lipinski definition) is 1. The van der Waals surface area contributed by atoms with Crippen molar-refractivity contribution in [2.45, 2.75) is 13.1 Å². The highest BCUT2D eigenvalue weighted by Crippen LogP contribution is 2.38. The molecule has 0 aliphatic rings. The highest BCUT2D eigenvalue weighted by atomic mass is 35.5. The van der Waals surface area contributed by atoms with E-state index in [2.05, 4.69) is 15.5 Å². The van der Waals surface area contributed by atoms with Crippen molar-refractivity contribution < 1.29 is 4.79 Å². The van der Waals surface area contributed by atoms with Crippen molar-refractivity contribution in [2.24, 2.45) is 0 Å². The second-order valence-corrected chi connectivity index (χ2v) is 9.20. The predicted molar refractivity (Wildman–Crippen MR) is 134 cm³/mol. The van der Waals surface area contributed by atoms with Crippen LogP contribution in [-0.2, 0) is 17.9 Å². The summed E-state index contributed by atoms with van der Waals surface area (Å²) >= 11 is 30.9. The number of aromatic nitrogens is 3. The zero-order chi connectivity index (χ0) is 23.5. The van der Waals surface area contributed by atoms with Gasteiger partial charge in [-0.25, -0.2) is 0 Å². The summed E-state index contributed by atoms with van der Waals surface area (Å²) in [5.74, 6) is -0.262. The Bertz CT molecular complexity index is 1250. The second kappa shape index (κ2) is 10.3. The van der Waals surface area contributed by atoms with Crippen LogP contribution in [0.3, 0.4) is 0 Å². The summed E-state index contributed by atoms with van der Waals surface area (Å²) in [5, 5.41) is 14.3. The van der Waals surface area contributed by atoms with E-state index in [0.29, 0.717) is 54.2 Å². The SMILES string of the molecule is O=C(Cn1nc(-c2ccc(Cl)cc2Cl)c(-c2ccc(Cl)cc2Cl)n1)NCc1ccc(Cl)cc1. The Morgan fingerprint density at radius 3 is 1.70 bits per heavy atom. The number of amides is 1. The fourth-order valence-electron chi connectivity index (χ4n) is 3.13. The molecule has 33 heavy (non-hydrogen) atoms. The molecule has 168 valence electrons. The Morgan fingerprint density at radius 2 is 1.21 bits per heavy atom. The van der Waals surface area contributed by atoms with Gasteiger partial charge in [-0.1, -0.05) is 70.1 Å². The number of benzene rings is 3. The van der Waals surface area contributed by atoms with Gasteiger partial charge in [0, 0.05) is 32.7 Å². The topological polar surface area (TPSA) is 59.8 Å². The van der Waals surface area contributed by atoms with Crippen LogP contribution in [-0.4, -0.2) is 20.9 Å². The van der Waals surface area contributed by atoms with Crippen LogP contribution < -0.4 is 5.32 Å². The standard InChI is InChI=1S/C23H15Cl5N4O/c24-14-3-1-13(2-4-14)11-29-21(33)12-32-30-22(17-7-5-15(25)9-19(17)27)23(31-32)18-8-6-16(26)10-20(18)28/h1-10H,11-12H2,(H,29,33). The lowest BCUT2D eigenvalue weighted by Crippen LogP contribution is -2.28. The van der Waals surface area contributed by atoms with Crippen molar-refractivity contribution in [1.29, 1.82) is 0 Å². The Morgan fingerprint density at radius 1 is 0.727 bits per heavy atom. The molecule has 0 atom stereocenters. The van der Waals surface area contributed by atoms with Gasteiger partial charge in [0.1, 0.15) is 17.9 Å². The van der Waals surface area contributed by atoms with Gasteiger partial charge in [-0.3, -0.25) is 4.79 Å². The van der Waals surface area contributed by atoms with Crippen molar-refractivity contribution in [3.63, 3.8) is 0 Å². The van der Waals surface area contributed by atoms with Crippen molar-refractivity contribution in [3.05, 3.63) is 91.3 Å². The predicted octanol–water partition coefficient (Wildman–Crippen LogP) is 7.20. The third-order valence-electron chi connectivity index (χ3n) is 4.72. The normalized spacial score (nSPS) is 10.9. The Balaban J connectivity index is 1.64. The molecule has 1 heterocycles. The third-order valence-corrected chi connectivity index (χ3v) is 6.06. The fourth-order valence-corrected chi connectivity index (χ4v) is 4.25. The van der Waals surface area contributed by atoms with Gasteiger partial charge in [0.2, 0.25) is 5.91 Å². The minimum absolute atomic E-state index is 0.100. The lowest BCUT2D eigenvalue weighted by molar-refractivity contribution is -0.122. The van der Waals surface area contributed by atoms with Crippen molar-refractivity contribution in [1.82, 2.24) is 20.3 Å². The van der Waals surface area contributed by atoms with Crippen molar-refractivity contribution >= 4 is 63.9 Å². The van der Waals surface area contributed by atoms with E-state index < -0.39 is 0 Å². The summed E-state index contributed by atoms with van der Waals surface area (Å²) in [5.41, 5.74) is 3.06. The first-order valence-electron chi connectivity index (χ1n) is 9.67. The van der Waals surface area contributed by atoms with E-state index in [1.54, 1.807) is 48.5 Å². The molecule has 10 heteroatoms. The summed E-state index contributed by atoms with van der Waals surface area (Å²) in [6.07, 6.45) is 0. The molecule has 0 saturated carbocycles. The minimum Gasteiger partial charge on any atom is -0.350 e. The van der Waals surface area contributed by atoms with Gasteiger partial charge in [0.05, 0.1) is 10.0 Å². The van der Waals surface area contributed by atoms with Crippen molar-refractivity contribution in [3.8, 4) is 22.5 Å². The van der Waals surface area contributed by atoms with Gasteiger partial charge in [0.15, 0.2) is 0 Å². The summed E-state index contributed by atoms with van der Waals surface area (Å²) < 4.78 is 0. The van der Waals surface area contributed by atoms with E-state index in [-0.39, 0.29) is 12.5 Å². The highest BCUT2D eigenvalue weighted by Gasteiger charge is 2.21. The maximum absolute atomic E-state index is 12.5. The fraction of sp³-hybridized carbons (Fsp3) is 0.0870. The van der Waals surface area contributed by atoms with Gasteiger partial charge in [-0.05, 0) is 54.1 Å². The van der Waals surface area contributed by atoms with Gasteiger partial charge < -0.3 is 5.32 Å². The summed E-state index contributed by atoms with van der Waals surface area (Å²) in [6, 6.07) is 17.3. The van der Waals surface area contributed by atoms with E-state index in [1.807, 2.05) is 12.1 Å². The number of carbonyl (C=O) groups is 1. The molecule has 4 aromatic rings. The van der Waals surface area contributed by atoms with E-state index >= 15 is 0 Å². The number of halogens is 5. The average Bonchev–Trinajstić information content (AvgIpc) is 3.16. The second-order valence-electron chi connectivity index (χ2n) is 7.08. The van der Waals surface area contributed by atoms with Crippen LogP contribution in [0.15, 0.2) is 60.7 Å². The minimum atomic E-state index is -0.262. The summed E-state index contributed by atoms with van der Waals surface area (Å²) in [7, 11) is 0. The van der Waals surface area contributed by atoms with Gasteiger partial charge in [-0.2, -0.15) is 15.0 Å². The van der Waals surface area contributed by atoms with E-state index in [4.69, 9.17) is 58.0 Å². The van der Waals surface area contributed by atoms with E-state index in [9.17, 15) is 4.79 Å². The molecule has 1 amide bonds. The zero-order valence-corrected chi connectivity index (χ0v) is 20.6. The maximum atomic E-state index is 12.5. The van der Waals surface area contributed by atoms with Crippen LogP contribution in [0.25, 0.3) is 22.5 Å². The average molecular weight is 541 g/mol. The van der Waals surface area contributed by atoms with Crippen LogP contribution in [0.5, 0.6) is 0 Å². The Labute approximate surface area is 215 Å². The largest absolute Gasteiger partial charge is 0.350 e. The molecule has 1 aromatic heterocycles. The molecule has 0 unspecified atom stereocenters. The molecule has 0 radical (unpaired) electrons. The van der Waals surface area contributed by atoms with Gasteiger partial charge >= 0.3 is 0 Å². The molecule has 5 nitrogen and oxygen atoms in total. The molecule has 1 N–H and O–H groups in total. The molecule has 4 rings (SSSR count). The summed E-state index contributed by atoms with van der Waals surface area (Å²) in [4.78, 5) is 13.8. The first-order chi connectivity index (χ1) is 15.8. The molecule has 0 saturated heterocycles. The van der Waals surface area contributed by atoms with Crippen LogP contribution in [0.4, 0.5) is 0 Å². The Hall–Kier alpha value is -2.28. The quantitative estimate of drug-likeness (QED) is 0.281. The molecular weight excluding hydrogens is 526 g/mol. The Kier molecular flexibility index (Phi) is 7.47. The number of carbonyl (C=O) groups excluding carboxylic acids is 1. The van der Waals surface area contributed by atoms with Crippen LogP contribution >= 0.6 is 58.0 Å². The molecule has 0 aliphatic carbocycles. The number of hydrogen-bond acceptors (Lipinski definition) is 3. The maximum Gasteiger partial charge on any atom is 0.243 e. The van der Waals surface area contributed by atoms with Crippen LogP contribution in [0.2, 0.25) is 25.1 Å². The monoisotopic (exact) mass is 538 g/mol. The lowest BCUT2D eigenvalue weighted by Gasteiger charge is -2.06. The lowest BCUT2D eigenvalue weighted by atomic mass is 10.0. The van der Waals surface area contributed by atoms with Crippen LogP contribution in [0, 0.1) is 0 Å². The molecule has 0 spiro atoms. The number of nitrogens with zero attached hydrogens (tertiary/aromatic N) is 3. The molecule has 0 aliphatic heterocycles. The van der Waals surface area contributed by atoms with Gasteiger partial charge in [0.25, 0.3) is 0 Å². The first-order valence-corrected chi connectivity index (χ1v) is 11.6. The highest BCUT2D eigenvalue weighted by molar-refractivity contribution is 6.37. The molecular formula is C23H15Cl5N4O. The van der Waals surface area contributed by atoms with E-state index in [0.717, 1.165) is 5.56 Å². The number of nitrogens with one attached hydrogen (secondary N) is 1. The first kappa shape index (κ1) is 23.9. The molecule has 0 bridgehead atoms. The van der Waals surface area contributed by atoms with Gasteiger partial charge in [-0.15, -0.1) is 0 Å². The zero-order valence-electron chi connectivity index (χ0n) is 16.8. The summed E-state index contributed by atoms with van der Waals surface area (Å²) in [6.45, 7) is 0.250. The van der Waals surface area contributed by atoms with E-state index in [1.165, 1.54) is 4.80 Å². The van der Waals surface area contributed by atoms with Crippen LogP contribution in [0.1, 0.15) is 5.56 Å². The third kappa shape index (κ3) is 5.81. The molecule has 3 aromatic carbocycles. The smallest absolute Gasteiger partial charge is 0.243 e. The molecule has 0 fully saturated rings. The van der Waals surface area contributed by atoms with Crippen molar-refractivity contribution in [2.75, 3.05) is 0 Å². The number of rotatable bonds is 6.